The van der Waals surface area contributed by atoms with Crippen LogP contribution in [0.1, 0.15) is 23.0 Å². The summed E-state index contributed by atoms with van der Waals surface area (Å²) in [5, 5.41) is 8.52. The lowest BCUT2D eigenvalue weighted by atomic mass is 10.1. The summed E-state index contributed by atoms with van der Waals surface area (Å²) in [6, 6.07) is 5.06. The molecule has 0 bridgehead atoms. The highest BCUT2D eigenvalue weighted by atomic mass is 32.2. The molecular weight excluding hydrogens is 242 g/mol. The Morgan fingerprint density at radius 2 is 2.41 bits per heavy atom. The fourth-order valence-corrected chi connectivity index (χ4v) is 1.74. The van der Waals surface area contributed by atoms with Gasteiger partial charge in [-0.15, -0.1) is 0 Å². The van der Waals surface area contributed by atoms with Gasteiger partial charge in [0.2, 0.25) is 11.3 Å². The Morgan fingerprint density at radius 1 is 1.71 bits per heavy atom. The fraction of sp³-hybridized carbons (Fsp3) is 0.300. The standard InChI is InChI=1S/C10H11N3O3S/c1-8(14)10-9(3-2-5-12-10)7-13(6-4-11)17(15)16/h2-3,5H,6-7H2,1H3,(H,15,16). The van der Waals surface area contributed by atoms with Crippen LogP contribution in [0.5, 0.6) is 0 Å². The van der Waals surface area contributed by atoms with Gasteiger partial charge in [-0.2, -0.15) is 9.57 Å². The molecular formula is C10H11N3O3S. The van der Waals surface area contributed by atoms with Crippen molar-refractivity contribution in [3.63, 3.8) is 0 Å². The summed E-state index contributed by atoms with van der Waals surface area (Å²) >= 11 is -2.25. The zero-order chi connectivity index (χ0) is 12.8. The van der Waals surface area contributed by atoms with E-state index in [9.17, 15) is 9.00 Å². The number of Topliss-reactive ketones (excluding diaryl/α,β-unsaturated/α-hetero) is 1. The number of rotatable bonds is 5. The lowest BCUT2D eigenvalue weighted by molar-refractivity contribution is 0.101. The molecule has 0 aliphatic rings. The maximum absolute atomic E-state index is 11.3. The van der Waals surface area contributed by atoms with E-state index >= 15 is 0 Å². The van der Waals surface area contributed by atoms with Crippen molar-refractivity contribution in [3.05, 3.63) is 29.6 Å². The van der Waals surface area contributed by atoms with Crippen LogP contribution in [-0.2, 0) is 17.8 Å². The van der Waals surface area contributed by atoms with Gasteiger partial charge >= 0.3 is 0 Å². The van der Waals surface area contributed by atoms with Gasteiger partial charge in [-0.1, -0.05) is 6.07 Å². The Labute approximate surface area is 101 Å². The first-order valence-corrected chi connectivity index (χ1v) is 5.80. The minimum atomic E-state index is -2.25. The van der Waals surface area contributed by atoms with Gasteiger partial charge in [-0.05, 0) is 11.6 Å². The molecule has 0 saturated carbocycles. The molecule has 90 valence electrons. The molecule has 0 fully saturated rings. The van der Waals surface area contributed by atoms with E-state index in [1.807, 2.05) is 0 Å². The molecule has 1 aromatic rings. The molecule has 0 amide bonds. The van der Waals surface area contributed by atoms with Crippen LogP contribution in [0.15, 0.2) is 18.3 Å². The van der Waals surface area contributed by atoms with Crippen LogP contribution in [0, 0.1) is 11.3 Å². The van der Waals surface area contributed by atoms with Crippen LogP contribution < -0.4 is 0 Å². The predicted octanol–water partition coefficient (Wildman–Crippen LogP) is 0.746. The summed E-state index contributed by atoms with van der Waals surface area (Å²) in [6.07, 6.45) is 1.48. The van der Waals surface area contributed by atoms with Crippen molar-refractivity contribution in [2.24, 2.45) is 0 Å². The Balaban J connectivity index is 2.97. The fourth-order valence-electron chi connectivity index (χ4n) is 1.32. The van der Waals surface area contributed by atoms with Crippen LogP contribution in [0.2, 0.25) is 0 Å². The van der Waals surface area contributed by atoms with E-state index in [1.54, 1.807) is 18.2 Å². The van der Waals surface area contributed by atoms with Crippen molar-refractivity contribution in [2.75, 3.05) is 6.54 Å². The van der Waals surface area contributed by atoms with Crippen molar-refractivity contribution >= 4 is 17.0 Å². The number of hydrogen-bond acceptors (Lipinski definition) is 4. The lowest BCUT2D eigenvalue weighted by Crippen LogP contribution is -2.26. The van der Waals surface area contributed by atoms with Crippen LogP contribution >= 0.6 is 0 Å². The number of aromatic nitrogens is 1. The number of ketones is 1. The molecule has 0 aliphatic carbocycles. The lowest BCUT2D eigenvalue weighted by Gasteiger charge is -2.14. The van der Waals surface area contributed by atoms with Gasteiger partial charge in [0.25, 0.3) is 0 Å². The highest BCUT2D eigenvalue weighted by Gasteiger charge is 2.15. The summed E-state index contributed by atoms with van der Waals surface area (Å²) in [6.45, 7) is 1.20. The van der Waals surface area contributed by atoms with Crippen molar-refractivity contribution in [3.8, 4) is 6.07 Å². The second kappa shape index (κ2) is 6.20. The highest BCUT2D eigenvalue weighted by molar-refractivity contribution is 7.76. The zero-order valence-electron chi connectivity index (χ0n) is 9.16. The monoisotopic (exact) mass is 253 g/mol. The topological polar surface area (TPSA) is 94.3 Å². The molecule has 1 atom stereocenters. The largest absolute Gasteiger partial charge is 0.294 e. The van der Waals surface area contributed by atoms with E-state index in [2.05, 4.69) is 4.98 Å². The van der Waals surface area contributed by atoms with E-state index < -0.39 is 11.3 Å². The van der Waals surface area contributed by atoms with Gasteiger partial charge in [0.1, 0.15) is 12.2 Å². The molecule has 1 unspecified atom stereocenters. The second-order valence-electron chi connectivity index (χ2n) is 3.25. The molecule has 7 heteroatoms. The van der Waals surface area contributed by atoms with Gasteiger partial charge in [-0.3, -0.25) is 14.3 Å². The average molecular weight is 253 g/mol. The van der Waals surface area contributed by atoms with Gasteiger partial charge < -0.3 is 0 Å². The third kappa shape index (κ3) is 3.71. The number of nitriles is 1. The summed E-state index contributed by atoms with van der Waals surface area (Å²) in [5.74, 6) is -0.221. The Bertz CT molecular complexity index is 484. The summed E-state index contributed by atoms with van der Waals surface area (Å²) in [4.78, 5) is 15.2. The molecule has 17 heavy (non-hydrogen) atoms. The maximum Gasteiger partial charge on any atom is 0.235 e. The number of carbonyl (C=O) groups excluding carboxylic acids is 1. The summed E-state index contributed by atoms with van der Waals surface area (Å²) < 4.78 is 21.0. The molecule has 6 nitrogen and oxygen atoms in total. The molecule has 1 heterocycles. The van der Waals surface area contributed by atoms with E-state index in [-0.39, 0.29) is 24.6 Å². The van der Waals surface area contributed by atoms with Crippen LogP contribution in [0.4, 0.5) is 0 Å². The van der Waals surface area contributed by atoms with Crippen LogP contribution in [0.3, 0.4) is 0 Å². The Kier molecular flexibility index (Phi) is 4.90. The van der Waals surface area contributed by atoms with Crippen molar-refractivity contribution < 1.29 is 13.6 Å². The summed E-state index contributed by atoms with van der Waals surface area (Å²) in [7, 11) is 0. The van der Waals surface area contributed by atoms with Gasteiger partial charge in [0.05, 0.1) is 6.07 Å². The van der Waals surface area contributed by atoms with E-state index in [0.29, 0.717) is 5.56 Å². The minimum Gasteiger partial charge on any atom is -0.294 e. The second-order valence-corrected chi connectivity index (χ2v) is 4.23. The van der Waals surface area contributed by atoms with Gasteiger partial charge in [0, 0.05) is 19.7 Å². The quantitative estimate of drug-likeness (QED) is 0.474. The average Bonchev–Trinajstić information content (AvgIpc) is 2.28. The molecule has 0 aromatic carbocycles. The number of carbonyl (C=O) groups is 1. The molecule has 0 radical (unpaired) electrons. The van der Waals surface area contributed by atoms with Crippen molar-refractivity contribution in [2.45, 2.75) is 13.5 Å². The van der Waals surface area contributed by atoms with E-state index in [4.69, 9.17) is 9.81 Å². The smallest absolute Gasteiger partial charge is 0.235 e. The zero-order valence-corrected chi connectivity index (χ0v) is 9.98. The Morgan fingerprint density at radius 3 is 2.94 bits per heavy atom. The highest BCUT2D eigenvalue weighted by Crippen LogP contribution is 2.10. The molecule has 0 aliphatic heterocycles. The SMILES string of the molecule is CC(=O)c1ncccc1CN(CC#N)S(=O)O. The first-order chi connectivity index (χ1) is 8.06. The number of pyridine rings is 1. The maximum atomic E-state index is 11.3. The molecule has 0 spiro atoms. The van der Waals surface area contributed by atoms with Crippen molar-refractivity contribution in [1.82, 2.24) is 9.29 Å². The summed E-state index contributed by atoms with van der Waals surface area (Å²) in [5.41, 5.74) is 0.776. The minimum absolute atomic E-state index is 0.0272. The van der Waals surface area contributed by atoms with Gasteiger partial charge in [0.15, 0.2) is 5.78 Å². The molecule has 0 saturated heterocycles. The van der Waals surface area contributed by atoms with Crippen LogP contribution in [0.25, 0.3) is 0 Å². The number of hydrogen-bond donors (Lipinski definition) is 1. The third-order valence-electron chi connectivity index (χ3n) is 2.04. The number of nitrogens with zero attached hydrogens (tertiary/aromatic N) is 3. The van der Waals surface area contributed by atoms with Gasteiger partial charge in [-0.25, -0.2) is 4.21 Å². The normalized spacial score (nSPS) is 12.1. The molecule has 1 aromatic heterocycles. The van der Waals surface area contributed by atoms with Crippen molar-refractivity contribution in [1.29, 1.82) is 5.26 Å². The molecule has 1 rings (SSSR count). The van der Waals surface area contributed by atoms with E-state index in [1.165, 1.54) is 13.1 Å². The predicted molar refractivity (Wildman–Crippen MR) is 61.0 cm³/mol. The van der Waals surface area contributed by atoms with Crippen LogP contribution in [-0.4, -0.2) is 30.4 Å². The van der Waals surface area contributed by atoms with E-state index in [0.717, 1.165) is 4.31 Å². The molecule has 1 N–H and O–H groups in total. The third-order valence-corrected chi connectivity index (χ3v) is 2.74. The first-order valence-electron chi connectivity index (χ1n) is 4.74. The Hall–Kier alpha value is -1.62. The first kappa shape index (κ1) is 13.4.